The van der Waals surface area contributed by atoms with Gasteiger partial charge >= 0.3 is 0 Å². The molecule has 60 heavy (non-hydrogen) atoms. The van der Waals surface area contributed by atoms with Crippen LogP contribution in [-0.4, -0.2) is 0 Å². The third-order valence-electron chi connectivity index (χ3n) is 13.2. The van der Waals surface area contributed by atoms with Gasteiger partial charge in [-0.3, -0.25) is 0 Å². The highest BCUT2D eigenvalue weighted by Crippen LogP contribution is 2.59. The van der Waals surface area contributed by atoms with Crippen molar-refractivity contribution in [1.82, 2.24) is 0 Å². The van der Waals surface area contributed by atoms with Gasteiger partial charge in [0.05, 0.1) is 0 Å². The Labute approximate surface area is 349 Å². The molecule has 13 rings (SSSR count). The van der Waals surface area contributed by atoms with E-state index < -0.39 is 0 Å². The van der Waals surface area contributed by atoms with Crippen LogP contribution in [0.1, 0.15) is 0 Å². The van der Waals surface area contributed by atoms with E-state index in [4.69, 9.17) is 0 Å². The molecule has 0 heteroatoms. The Morgan fingerprint density at radius 3 is 1.23 bits per heavy atom. The largest absolute Gasteiger partial charge is 0.0622 e. The van der Waals surface area contributed by atoms with Crippen molar-refractivity contribution in [3.8, 4) is 100 Å². The number of hydrogen-bond acceptors (Lipinski definition) is 0. The minimum atomic E-state index is 1.23. The molecule has 11 aromatic rings. The van der Waals surface area contributed by atoms with Gasteiger partial charge < -0.3 is 0 Å². The molecule has 0 saturated carbocycles. The number of rotatable bonds is 5. The Hall–Kier alpha value is -7.80. The van der Waals surface area contributed by atoms with Crippen LogP contribution in [0.2, 0.25) is 0 Å². The van der Waals surface area contributed by atoms with Gasteiger partial charge in [-0.05, 0) is 139 Å². The van der Waals surface area contributed by atoms with Crippen molar-refractivity contribution in [3.05, 3.63) is 218 Å². The zero-order chi connectivity index (χ0) is 39.3. The van der Waals surface area contributed by atoms with E-state index in [0.29, 0.717) is 0 Å². The van der Waals surface area contributed by atoms with Crippen molar-refractivity contribution in [1.29, 1.82) is 0 Å². The first-order valence-corrected chi connectivity index (χ1v) is 20.9. The maximum atomic E-state index is 2.49. The van der Waals surface area contributed by atoms with Crippen molar-refractivity contribution < 1.29 is 0 Å². The third-order valence-corrected chi connectivity index (χ3v) is 13.2. The monoisotopic (exact) mass is 756 g/mol. The molecule has 276 valence electrons. The lowest BCUT2D eigenvalue weighted by Crippen LogP contribution is -1.94. The van der Waals surface area contributed by atoms with Gasteiger partial charge in [0.15, 0.2) is 0 Å². The van der Waals surface area contributed by atoms with Gasteiger partial charge in [0, 0.05) is 0 Å². The molecule has 0 aliphatic heterocycles. The lowest BCUT2D eigenvalue weighted by molar-refractivity contribution is 1.60. The third kappa shape index (κ3) is 4.68. The van der Waals surface area contributed by atoms with Gasteiger partial charge in [-0.25, -0.2) is 0 Å². The summed E-state index contributed by atoms with van der Waals surface area (Å²) in [5.41, 5.74) is 23.0. The van der Waals surface area contributed by atoms with Crippen molar-refractivity contribution in [2.24, 2.45) is 0 Å². The highest BCUT2D eigenvalue weighted by molar-refractivity contribution is 6.29. The summed E-state index contributed by atoms with van der Waals surface area (Å²) in [5.74, 6) is 0. The second-order valence-electron chi connectivity index (χ2n) is 16.2. The smallest absolute Gasteiger partial charge is 0.000741 e. The predicted molar refractivity (Wildman–Crippen MR) is 255 cm³/mol. The van der Waals surface area contributed by atoms with Gasteiger partial charge in [0.1, 0.15) is 0 Å². The number of hydrogen-bond donors (Lipinski definition) is 0. The average molecular weight is 757 g/mol. The first-order valence-electron chi connectivity index (χ1n) is 20.9. The van der Waals surface area contributed by atoms with Crippen LogP contribution in [0.15, 0.2) is 218 Å². The van der Waals surface area contributed by atoms with E-state index in [1.54, 1.807) is 0 Å². The molecule has 0 heterocycles. The molecule has 0 unspecified atom stereocenters. The van der Waals surface area contributed by atoms with Crippen LogP contribution in [0.5, 0.6) is 0 Å². The Balaban J connectivity index is 1.13. The molecule has 11 aromatic carbocycles. The fourth-order valence-electron chi connectivity index (χ4n) is 10.7. The summed E-state index contributed by atoms with van der Waals surface area (Å²) in [4.78, 5) is 0. The van der Waals surface area contributed by atoms with Gasteiger partial charge in [0.25, 0.3) is 0 Å². The maximum absolute atomic E-state index is 2.49. The molecule has 0 aromatic heterocycles. The molecule has 0 fully saturated rings. The van der Waals surface area contributed by atoms with Crippen LogP contribution in [0, 0.1) is 0 Å². The van der Waals surface area contributed by atoms with E-state index in [-0.39, 0.29) is 0 Å². The fourth-order valence-corrected chi connectivity index (χ4v) is 10.7. The first-order chi connectivity index (χ1) is 29.8. The quantitative estimate of drug-likeness (QED) is 0.164. The summed E-state index contributed by atoms with van der Waals surface area (Å²) in [6, 6.07) is 81.2. The van der Waals surface area contributed by atoms with Gasteiger partial charge in [-0.15, -0.1) is 0 Å². The topological polar surface area (TPSA) is 0 Å². The molecular weight excluding hydrogens is 721 g/mol. The minimum absolute atomic E-state index is 1.23. The van der Waals surface area contributed by atoms with E-state index in [1.165, 1.54) is 132 Å². The highest BCUT2D eigenvalue weighted by atomic mass is 14.3. The molecular formula is C60H36. The highest BCUT2D eigenvalue weighted by Gasteiger charge is 2.32. The SMILES string of the molecule is c1ccc(-c2ccccc2-c2ccc3c4c(cccc24)-c2c-3c(-c3ccccc3)c3ccc(-c4ccc5c6c(cccc46)-c4ccccc4-5)cc3c2-c2ccccc2)cc1. The molecule has 0 atom stereocenters. The summed E-state index contributed by atoms with van der Waals surface area (Å²) in [6.07, 6.45) is 0. The van der Waals surface area contributed by atoms with Crippen LogP contribution in [0.25, 0.3) is 132 Å². The Morgan fingerprint density at radius 2 is 0.583 bits per heavy atom. The van der Waals surface area contributed by atoms with Crippen molar-refractivity contribution >= 4 is 32.3 Å². The van der Waals surface area contributed by atoms with E-state index in [9.17, 15) is 0 Å². The standard InChI is InChI=1S/C60H36/c1-4-16-37(17-5-1)41-22-10-11-23-43(41)46-33-35-53-58-49(46)28-15-29-52(58)59-56(39-20-8-3-9-21-39)54-36-40(30-31-51(54)55(60(53)59)38-18-6-2-7-19-38)42-32-34-50-45-25-13-12-24-44(45)48-27-14-26-47(42)57(48)50/h1-36H. The van der Waals surface area contributed by atoms with Crippen LogP contribution in [0.4, 0.5) is 0 Å². The summed E-state index contributed by atoms with van der Waals surface area (Å²) < 4.78 is 0. The molecule has 0 N–H and O–H groups in total. The number of fused-ring (bicyclic) bond motifs is 7. The second-order valence-corrected chi connectivity index (χ2v) is 16.2. The molecule has 0 bridgehead atoms. The normalized spacial score (nSPS) is 12.0. The van der Waals surface area contributed by atoms with Crippen LogP contribution in [0.3, 0.4) is 0 Å². The van der Waals surface area contributed by atoms with Crippen molar-refractivity contribution in [2.75, 3.05) is 0 Å². The zero-order valence-electron chi connectivity index (χ0n) is 32.8. The summed E-state index contributed by atoms with van der Waals surface area (Å²) in [7, 11) is 0. The van der Waals surface area contributed by atoms with E-state index in [1.807, 2.05) is 0 Å². The summed E-state index contributed by atoms with van der Waals surface area (Å²) in [6.45, 7) is 0. The van der Waals surface area contributed by atoms with Crippen LogP contribution < -0.4 is 0 Å². The van der Waals surface area contributed by atoms with E-state index >= 15 is 0 Å². The number of benzene rings is 11. The van der Waals surface area contributed by atoms with Crippen molar-refractivity contribution in [3.63, 3.8) is 0 Å². The van der Waals surface area contributed by atoms with Crippen molar-refractivity contribution in [2.45, 2.75) is 0 Å². The minimum Gasteiger partial charge on any atom is -0.0622 e. The summed E-state index contributed by atoms with van der Waals surface area (Å²) in [5, 5.41) is 7.78. The molecule has 2 aliphatic carbocycles. The van der Waals surface area contributed by atoms with E-state index in [0.717, 1.165) is 0 Å². The predicted octanol–water partition coefficient (Wildman–Crippen LogP) is 16.8. The van der Waals surface area contributed by atoms with Gasteiger partial charge in [-0.1, -0.05) is 212 Å². The maximum Gasteiger partial charge on any atom is -0.000741 e. The molecule has 0 radical (unpaired) electrons. The Morgan fingerprint density at radius 1 is 0.167 bits per heavy atom. The lowest BCUT2D eigenvalue weighted by atomic mass is 9.81. The second kappa shape index (κ2) is 12.9. The average Bonchev–Trinajstić information content (AvgIpc) is 3.83. The molecule has 0 saturated heterocycles. The Kier molecular flexibility index (Phi) is 7.11. The van der Waals surface area contributed by atoms with Crippen LogP contribution in [-0.2, 0) is 0 Å². The van der Waals surface area contributed by atoms with Crippen LogP contribution >= 0.6 is 0 Å². The first kappa shape index (κ1) is 33.2. The molecule has 0 nitrogen and oxygen atoms in total. The molecule has 2 aliphatic rings. The summed E-state index contributed by atoms with van der Waals surface area (Å²) >= 11 is 0. The van der Waals surface area contributed by atoms with Gasteiger partial charge in [-0.2, -0.15) is 0 Å². The van der Waals surface area contributed by atoms with Gasteiger partial charge in [0.2, 0.25) is 0 Å². The van der Waals surface area contributed by atoms with E-state index in [2.05, 4.69) is 218 Å². The fraction of sp³-hybridized carbons (Fsp3) is 0. The molecule has 0 amide bonds. The Bertz CT molecular complexity index is 3530. The lowest BCUT2D eigenvalue weighted by Gasteiger charge is -2.21. The molecule has 0 spiro atoms. The zero-order valence-corrected chi connectivity index (χ0v) is 32.8.